The number of ether oxygens (including phenoxy) is 1. The normalized spacial score (nSPS) is 12.5. The van der Waals surface area contributed by atoms with Gasteiger partial charge in [-0.15, -0.1) is 0 Å². The van der Waals surface area contributed by atoms with Crippen LogP contribution >= 0.6 is 0 Å². The van der Waals surface area contributed by atoms with Crippen LogP contribution in [0.4, 0.5) is 0 Å². The van der Waals surface area contributed by atoms with Crippen molar-refractivity contribution in [3.63, 3.8) is 0 Å². The number of hydrogen-bond donors (Lipinski definition) is 2. The Kier molecular flexibility index (Phi) is 6.01. The molecule has 0 bridgehead atoms. The number of aryl methyl sites for hydroxylation is 1. The van der Waals surface area contributed by atoms with E-state index in [1.54, 1.807) is 7.11 Å². The first-order valence-corrected chi connectivity index (χ1v) is 6.15. The Balaban J connectivity index is 2.30. The van der Waals surface area contributed by atoms with E-state index in [4.69, 9.17) is 9.84 Å². The van der Waals surface area contributed by atoms with Crippen LogP contribution in [0.1, 0.15) is 30.9 Å². The Hall–Kier alpha value is -1.06. The van der Waals surface area contributed by atoms with Crippen molar-refractivity contribution in [2.45, 2.75) is 39.3 Å². The van der Waals surface area contributed by atoms with E-state index in [0.29, 0.717) is 0 Å². The minimum absolute atomic E-state index is 0.194. The van der Waals surface area contributed by atoms with Crippen molar-refractivity contribution in [1.29, 1.82) is 0 Å². The number of rotatable bonds is 7. The molecule has 0 amide bonds. The molecule has 0 aliphatic heterocycles. The molecule has 1 aromatic rings. The second-order valence-corrected chi connectivity index (χ2v) is 4.47. The minimum atomic E-state index is -0.194. The molecule has 0 aromatic heterocycles. The van der Waals surface area contributed by atoms with E-state index in [-0.39, 0.29) is 6.10 Å². The van der Waals surface area contributed by atoms with E-state index in [9.17, 15) is 0 Å². The molecule has 1 unspecified atom stereocenters. The van der Waals surface area contributed by atoms with Crippen LogP contribution in [0, 0.1) is 6.92 Å². The topological polar surface area (TPSA) is 41.5 Å². The summed E-state index contributed by atoms with van der Waals surface area (Å²) in [7, 11) is 1.69. The fourth-order valence-electron chi connectivity index (χ4n) is 1.81. The van der Waals surface area contributed by atoms with Crippen molar-refractivity contribution in [3.8, 4) is 5.75 Å². The molecule has 0 saturated carbocycles. The van der Waals surface area contributed by atoms with Crippen LogP contribution in [0.15, 0.2) is 18.2 Å². The summed E-state index contributed by atoms with van der Waals surface area (Å²) in [6.45, 7) is 5.68. The van der Waals surface area contributed by atoms with Gasteiger partial charge in [0, 0.05) is 6.54 Å². The lowest BCUT2D eigenvalue weighted by molar-refractivity contribution is 0.181. The van der Waals surface area contributed by atoms with E-state index < -0.39 is 0 Å². The largest absolute Gasteiger partial charge is 0.496 e. The molecule has 96 valence electrons. The molecule has 1 atom stereocenters. The van der Waals surface area contributed by atoms with Gasteiger partial charge in [-0.2, -0.15) is 0 Å². The third-order valence-electron chi connectivity index (χ3n) is 2.76. The molecule has 1 rings (SSSR count). The summed E-state index contributed by atoms with van der Waals surface area (Å²) in [5.41, 5.74) is 2.43. The van der Waals surface area contributed by atoms with Crippen LogP contribution in [0.3, 0.4) is 0 Å². The number of aliphatic hydroxyl groups is 1. The van der Waals surface area contributed by atoms with E-state index >= 15 is 0 Å². The highest BCUT2D eigenvalue weighted by molar-refractivity contribution is 5.36. The first-order chi connectivity index (χ1) is 8.13. The van der Waals surface area contributed by atoms with Crippen molar-refractivity contribution in [3.05, 3.63) is 29.3 Å². The molecule has 0 aliphatic carbocycles. The highest BCUT2D eigenvalue weighted by Crippen LogP contribution is 2.18. The number of methoxy groups -OCH3 is 1. The van der Waals surface area contributed by atoms with E-state index in [1.807, 2.05) is 13.0 Å². The van der Waals surface area contributed by atoms with Crippen molar-refractivity contribution in [1.82, 2.24) is 5.32 Å². The number of aliphatic hydroxyl groups excluding tert-OH is 1. The molecule has 3 heteroatoms. The van der Waals surface area contributed by atoms with Gasteiger partial charge in [0.15, 0.2) is 0 Å². The number of nitrogens with one attached hydrogen (secondary N) is 1. The smallest absolute Gasteiger partial charge is 0.121 e. The molecule has 0 heterocycles. The maximum Gasteiger partial charge on any atom is 0.121 e. The molecule has 1 aromatic carbocycles. The molecular weight excluding hydrogens is 214 g/mol. The molecule has 0 radical (unpaired) electrons. The lowest BCUT2D eigenvalue weighted by Crippen LogP contribution is -2.16. The molecule has 0 aliphatic rings. The zero-order valence-electron chi connectivity index (χ0n) is 11.0. The fourth-order valence-corrected chi connectivity index (χ4v) is 1.81. The second kappa shape index (κ2) is 7.30. The maximum atomic E-state index is 9.12. The van der Waals surface area contributed by atoms with Crippen molar-refractivity contribution in [2.75, 3.05) is 13.7 Å². The highest BCUT2D eigenvalue weighted by atomic mass is 16.5. The second-order valence-electron chi connectivity index (χ2n) is 4.47. The van der Waals surface area contributed by atoms with Crippen molar-refractivity contribution < 1.29 is 9.84 Å². The van der Waals surface area contributed by atoms with Gasteiger partial charge in [0.1, 0.15) is 5.75 Å². The monoisotopic (exact) mass is 237 g/mol. The number of benzene rings is 1. The predicted molar refractivity (Wildman–Crippen MR) is 70.4 cm³/mol. The summed E-state index contributed by atoms with van der Waals surface area (Å²) >= 11 is 0. The van der Waals surface area contributed by atoms with Gasteiger partial charge in [-0.3, -0.25) is 0 Å². The molecule has 0 spiro atoms. The Bertz CT molecular complexity index is 337. The van der Waals surface area contributed by atoms with Crippen LogP contribution in [0.2, 0.25) is 0 Å². The summed E-state index contributed by atoms with van der Waals surface area (Å²) in [4.78, 5) is 0. The highest BCUT2D eigenvalue weighted by Gasteiger charge is 2.00. The minimum Gasteiger partial charge on any atom is -0.496 e. The lowest BCUT2D eigenvalue weighted by atomic mass is 10.1. The van der Waals surface area contributed by atoms with Crippen molar-refractivity contribution >= 4 is 0 Å². The van der Waals surface area contributed by atoms with Gasteiger partial charge < -0.3 is 15.2 Å². The average molecular weight is 237 g/mol. The quantitative estimate of drug-likeness (QED) is 0.715. The summed E-state index contributed by atoms with van der Waals surface area (Å²) in [5.74, 6) is 0.933. The van der Waals surface area contributed by atoms with Gasteiger partial charge in [-0.1, -0.05) is 12.1 Å². The van der Waals surface area contributed by atoms with Gasteiger partial charge >= 0.3 is 0 Å². The van der Waals surface area contributed by atoms with E-state index in [2.05, 4.69) is 24.4 Å². The Morgan fingerprint density at radius 2 is 2.18 bits per heavy atom. The van der Waals surface area contributed by atoms with Crippen molar-refractivity contribution in [2.24, 2.45) is 0 Å². The SMILES string of the molecule is COc1ccc(CNCCCC(C)O)cc1C. The van der Waals surface area contributed by atoms with Gasteiger partial charge in [-0.25, -0.2) is 0 Å². The lowest BCUT2D eigenvalue weighted by Gasteiger charge is -2.09. The molecular formula is C14H23NO2. The van der Waals surface area contributed by atoms with Crippen LogP contribution < -0.4 is 10.1 Å². The summed E-state index contributed by atoms with van der Waals surface area (Å²) in [5, 5.41) is 12.5. The Labute approximate surface area is 104 Å². The zero-order valence-corrected chi connectivity index (χ0v) is 11.0. The zero-order chi connectivity index (χ0) is 12.7. The summed E-state index contributed by atoms with van der Waals surface area (Å²) < 4.78 is 5.22. The van der Waals surface area contributed by atoms with Gasteiger partial charge in [0.2, 0.25) is 0 Å². The summed E-state index contributed by atoms with van der Waals surface area (Å²) in [6.07, 6.45) is 1.67. The molecule has 17 heavy (non-hydrogen) atoms. The molecule has 0 saturated heterocycles. The van der Waals surface area contributed by atoms with Crippen LogP contribution in [0.25, 0.3) is 0 Å². The predicted octanol–water partition coefficient (Wildman–Crippen LogP) is 2.25. The Morgan fingerprint density at radius 3 is 2.76 bits per heavy atom. The van der Waals surface area contributed by atoms with E-state index in [0.717, 1.165) is 37.2 Å². The molecule has 0 fully saturated rings. The first-order valence-electron chi connectivity index (χ1n) is 6.15. The molecule has 2 N–H and O–H groups in total. The van der Waals surface area contributed by atoms with Crippen LogP contribution in [-0.4, -0.2) is 24.9 Å². The first kappa shape index (κ1) is 14.0. The standard InChI is InChI=1S/C14H23NO2/c1-11-9-13(6-7-14(11)17-3)10-15-8-4-5-12(2)16/h6-7,9,12,15-16H,4-5,8,10H2,1-3H3. The van der Waals surface area contributed by atoms with Gasteiger partial charge in [0.25, 0.3) is 0 Å². The average Bonchev–Trinajstić information content (AvgIpc) is 2.28. The van der Waals surface area contributed by atoms with Gasteiger partial charge in [-0.05, 0) is 50.4 Å². The third kappa shape index (κ3) is 5.20. The van der Waals surface area contributed by atoms with Crippen LogP contribution in [-0.2, 0) is 6.54 Å². The van der Waals surface area contributed by atoms with Crippen LogP contribution in [0.5, 0.6) is 5.75 Å². The van der Waals surface area contributed by atoms with Gasteiger partial charge in [0.05, 0.1) is 13.2 Å². The maximum absolute atomic E-state index is 9.12. The molecule has 3 nitrogen and oxygen atoms in total. The third-order valence-corrected chi connectivity index (χ3v) is 2.76. The van der Waals surface area contributed by atoms with E-state index in [1.165, 1.54) is 5.56 Å². The fraction of sp³-hybridized carbons (Fsp3) is 0.571. The number of hydrogen-bond acceptors (Lipinski definition) is 3. The summed E-state index contributed by atoms with van der Waals surface area (Å²) in [6, 6.07) is 6.22. The Morgan fingerprint density at radius 1 is 1.41 bits per heavy atom.